The van der Waals surface area contributed by atoms with Gasteiger partial charge in [0.2, 0.25) is 11.8 Å². The molecule has 6 heterocycles. The fourth-order valence-corrected chi connectivity index (χ4v) is 12.2. The van der Waals surface area contributed by atoms with E-state index >= 15 is 0 Å². The molecule has 0 radical (unpaired) electrons. The number of nitrogens with zero attached hydrogens (tertiary/aromatic N) is 9. The van der Waals surface area contributed by atoms with Gasteiger partial charge in [-0.3, -0.25) is 29.0 Å². The summed E-state index contributed by atoms with van der Waals surface area (Å²) in [6.45, 7) is 17.6. The molecular weight excluding hydrogens is 1000 g/mol. The Morgan fingerprint density at radius 2 is 1.74 bits per heavy atom. The molecule has 8 rings (SSSR count). The summed E-state index contributed by atoms with van der Waals surface area (Å²) < 4.78 is 21.4. The molecule has 1 unspecified atom stereocenters. The number of aromatic nitrogens is 4. The van der Waals surface area contributed by atoms with Crippen molar-refractivity contribution in [1.82, 2.24) is 45.1 Å². The highest BCUT2D eigenvalue weighted by Gasteiger charge is 2.43. The van der Waals surface area contributed by atoms with Crippen molar-refractivity contribution in [2.45, 2.75) is 135 Å². The number of piperidine rings is 1. The van der Waals surface area contributed by atoms with E-state index in [0.29, 0.717) is 52.4 Å². The zero-order valence-corrected chi connectivity index (χ0v) is 45.9. The second kappa shape index (κ2) is 26.2. The van der Waals surface area contributed by atoms with Crippen molar-refractivity contribution in [3.63, 3.8) is 0 Å². The van der Waals surface area contributed by atoms with Crippen LogP contribution in [0, 0.1) is 31.1 Å². The van der Waals surface area contributed by atoms with Gasteiger partial charge < -0.3 is 40.6 Å². The van der Waals surface area contributed by atoms with Gasteiger partial charge in [0.25, 0.3) is 11.8 Å². The van der Waals surface area contributed by atoms with Crippen LogP contribution in [0.1, 0.15) is 135 Å². The third-order valence-corrected chi connectivity index (χ3v) is 16.8. The number of aryl methyl sites for hydroxylation is 1. The molecule has 2 fully saturated rings. The van der Waals surface area contributed by atoms with Crippen molar-refractivity contribution in [2.75, 3.05) is 58.3 Å². The van der Waals surface area contributed by atoms with Gasteiger partial charge in [0.1, 0.15) is 23.7 Å². The summed E-state index contributed by atoms with van der Waals surface area (Å²) in [5, 5.41) is 11.5. The number of anilines is 1. The number of rotatable bonds is 21. The van der Waals surface area contributed by atoms with Gasteiger partial charge in [0.05, 0.1) is 53.4 Å². The van der Waals surface area contributed by atoms with Gasteiger partial charge in [-0.25, -0.2) is 14.4 Å². The predicted octanol–water partition coefficient (Wildman–Crippen LogP) is 7.78. The Bertz CT molecular complexity index is 2860. The number of hydrogen-bond acceptors (Lipinski definition) is 14. The number of carbonyl (C=O) groups is 5. The first kappa shape index (κ1) is 56.6. The highest BCUT2D eigenvalue weighted by molar-refractivity contribution is 8.14. The highest BCUT2D eigenvalue weighted by Crippen LogP contribution is 2.38. The van der Waals surface area contributed by atoms with Crippen LogP contribution >= 0.6 is 11.8 Å². The first-order valence-electron chi connectivity index (χ1n) is 27.3. The summed E-state index contributed by atoms with van der Waals surface area (Å²) in [5.41, 5.74) is 10.1. The molecule has 2 aromatic heterocycles. The maximum Gasteiger partial charge on any atom is 0.305 e. The minimum absolute atomic E-state index is 0.0165. The van der Waals surface area contributed by atoms with Gasteiger partial charge in [0, 0.05) is 61.3 Å². The molecule has 18 nitrogen and oxygen atoms in total. The fraction of sp³-hybridized carbons (Fsp3) is 0.544. The normalized spacial score (nSPS) is 19.7. The molecule has 2 saturated heterocycles. The number of carbonyl (C=O) groups excluding carboxylic acids is 5. The van der Waals surface area contributed by atoms with Gasteiger partial charge in [-0.05, 0) is 127 Å². The van der Waals surface area contributed by atoms with E-state index in [1.807, 2.05) is 37.8 Å². The van der Waals surface area contributed by atoms with E-state index < -0.39 is 23.9 Å². The number of aliphatic imine (C=N–C) groups is 1. The van der Waals surface area contributed by atoms with Crippen LogP contribution in [0.4, 0.5) is 16.0 Å². The molecule has 77 heavy (non-hydrogen) atoms. The third kappa shape index (κ3) is 13.8. The monoisotopic (exact) mass is 1070 g/mol. The van der Waals surface area contributed by atoms with Gasteiger partial charge in [-0.1, -0.05) is 50.0 Å². The number of likely N-dealkylation sites (N-methyl/N-ethyl adjacent to an activating group) is 1. The zero-order chi connectivity index (χ0) is 54.8. The van der Waals surface area contributed by atoms with Crippen LogP contribution in [0.25, 0.3) is 16.1 Å². The average Bonchev–Trinajstić information content (AvgIpc) is 4.21. The van der Waals surface area contributed by atoms with Crippen LogP contribution < -0.4 is 21.1 Å². The van der Waals surface area contributed by atoms with E-state index in [2.05, 4.69) is 30.5 Å². The maximum absolute atomic E-state index is 14.6. The first-order chi connectivity index (χ1) is 37.1. The molecular formula is C57H73FN12O6S. The van der Waals surface area contributed by atoms with Crippen LogP contribution in [0.15, 0.2) is 53.7 Å². The molecule has 2 aromatic carbocycles. The lowest BCUT2D eigenvalue weighted by Gasteiger charge is -2.38. The number of thioether (sulfide) groups is 1. The number of ketones is 2. The van der Waals surface area contributed by atoms with Crippen molar-refractivity contribution in [3.05, 3.63) is 93.8 Å². The Hall–Kier alpha value is -6.56. The van der Waals surface area contributed by atoms with Crippen LogP contribution in [0.5, 0.6) is 5.88 Å². The number of fused-ring (bicyclic) bond motifs is 5. The number of ether oxygens (including phenoxy) is 1. The quantitative estimate of drug-likeness (QED) is 0.0414. The lowest BCUT2D eigenvalue weighted by molar-refractivity contribution is -0.141. The molecule has 2 bridgehead atoms. The second-order valence-electron chi connectivity index (χ2n) is 21.0. The lowest BCUT2D eigenvalue weighted by atomic mass is 9.79. The Morgan fingerprint density at radius 3 is 2.48 bits per heavy atom. The van der Waals surface area contributed by atoms with Crippen molar-refractivity contribution in [3.8, 4) is 17.1 Å². The molecule has 4 N–H and O–H groups in total. The molecule has 410 valence electrons. The molecule has 5 atom stereocenters. The van der Waals surface area contributed by atoms with E-state index in [4.69, 9.17) is 27.0 Å². The number of halogens is 1. The van der Waals surface area contributed by atoms with E-state index in [0.717, 1.165) is 94.4 Å². The first-order valence-corrected chi connectivity index (χ1v) is 28.2. The molecule has 4 aliphatic rings. The number of nitrogens with two attached hydrogens (primary N) is 1. The maximum atomic E-state index is 14.6. The van der Waals surface area contributed by atoms with Gasteiger partial charge in [-0.15, -0.1) is 11.8 Å². The molecule has 3 amide bonds. The molecule has 0 aliphatic carbocycles. The fourth-order valence-electron chi connectivity index (χ4n) is 11.0. The predicted molar refractivity (Wildman–Crippen MR) is 295 cm³/mol. The molecule has 20 heteroatoms. The SMILES string of the molecule is [C-]#[N+]c1nn(CCNC(=O)CCCCCCCCN2CCC([C@H](CC(=O)[C@H](C)NC)C(=O)N3CCC[C@H]3C3=NC(C(=O)c4ccc(F)cc4)CS3)CC2)c2c1-c1cnc(N)c(n1)O[C@H](C)c1cc(C)ccc1C(=O)N(C)C2. The molecule has 0 saturated carbocycles. The lowest BCUT2D eigenvalue weighted by Crippen LogP contribution is -2.48. The largest absolute Gasteiger partial charge is 0.467 e. The highest BCUT2D eigenvalue weighted by atomic mass is 32.2. The number of nitrogen functional groups attached to an aromatic ring is 1. The summed E-state index contributed by atoms with van der Waals surface area (Å²) >= 11 is 1.52. The van der Waals surface area contributed by atoms with Crippen LogP contribution in [0.2, 0.25) is 0 Å². The van der Waals surface area contributed by atoms with Gasteiger partial charge in [-0.2, -0.15) is 4.68 Å². The molecule has 4 aliphatic heterocycles. The van der Waals surface area contributed by atoms with Crippen molar-refractivity contribution >= 4 is 57.7 Å². The van der Waals surface area contributed by atoms with E-state index in [-0.39, 0.29) is 90.9 Å². The number of amides is 3. The number of likely N-dealkylation sites (tertiary alicyclic amines) is 2. The summed E-state index contributed by atoms with van der Waals surface area (Å²) in [4.78, 5) is 91.8. The minimum atomic E-state index is -0.575. The summed E-state index contributed by atoms with van der Waals surface area (Å²) in [5.74, 6) is -0.376. The smallest absolute Gasteiger partial charge is 0.305 e. The van der Waals surface area contributed by atoms with Crippen LogP contribution in [-0.4, -0.2) is 139 Å². The van der Waals surface area contributed by atoms with Crippen molar-refractivity contribution in [2.24, 2.45) is 16.8 Å². The standard InChI is InChI=1S/C57H73FN12O6S/c1-35-16-21-41-42(30-35)37(3)76-54-52(59)63-32-44(64-54)50-47(33-67(6)56(41)74)70(66-53(50)61-5)29-24-62-49(72)15-11-9-7-8-10-12-25-68-27-22-38(23-28-68)43(31-48(71)36(2)60-4)57(75)69-26-13-14-46(69)55-65-45(34-77-55)51(73)39-17-19-40(58)20-18-39/h16-21,30,32,36-38,43,45-46,60H,7-15,22-29,31,33-34H2,1-4,6H3,(H2,59,63)(H,62,72)/t36-,37+,43-,45?,46-/m0/s1. The number of benzene rings is 2. The van der Waals surface area contributed by atoms with Gasteiger partial charge >= 0.3 is 5.82 Å². The Morgan fingerprint density at radius 1 is 1.00 bits per heavy atom. The average molecular weight is 1070 g/mol. The Kier molecular flexibility index (Phi) is 19.3. The Labute approximate surface area is 455 Å². The van der Waals surface area contributed by atoms with Crippen LogP contribution in [0.3, 0.4) is 0 Å². The summed E-state index contributed by atoms with van der Waals surface area (Å²) in [6.07, 6.45) is 10.7. The van der Waals surface area contributed by atoms with Gasteiger partial charge in [0.15, 0.2) is 11.6 Å². The number of Topliss-reactive ketones (excluding diaryl/α,β-unsaturated/α-hetero) is 2. The number of nitrogens with one attached hydrogen (secondary N) is 2. The number of unbranched alkanes of at least 4 members (excludes halogenated alkanes) is 5. The van der Waals surface area contributed by atoms with Crippen molar-refractivity contribution < 1.29 is 33.1 Å². The molecule has 4 aromatic rings. The zero-order valence-electron chi connectivity index (χ0n) is 45.1. The second-order valence-corrected chi connectivity index (χ2v) is 22.0. The third-order valence-electron chi connectivity index (χ3n) is 15.6. The molecule has 0 spiro atoms. The minimum Gasteiger partial charge on any atom is -0.467 e. The van der Waals surface area contributed by atoms with E-state index in [1.54, 1.807) is 29.7 Å². The van der Waals surface area contributed by atoms with E-state index in [9.17, 15) is 28.4 Å². The Balaban J connectivity index is 0.767. The van der Waals surface area contributed by atoms with E-state index in [1.165, 1.54) is 42.2 Å². The summed E-state index contributed by atoms with van der Waals surface area (Å²) in [6, 6.07) is 9.99. The summed E-state index contributed by atoms with van der Waals surface area (Å²) in [7, 11) is 3.47. The topological polar surface area (TPSA) is 215 Å². The van der Waals surface area contributed by atoms with Crippen LogP contribution in [-0.2, 0) is 27.5 Å². The van der Waals surface area contributed by atoms with Crippen molar-refractivity contribution in [1.29, 1.82) is 0 Å². The number of hydrogen-bond donors (Lipinski definition) is 3.